The fourth-order valence-electron chi connectivity index (χ4n) is 11.4. The minimum atomic E-state index is -1.08. The van der Waals surface area contributed by atoms with Gasteiger partial charge in [0.2, 0.25) is 17.7 Å². The zero-order chi connectivity index (χ0) is 65.3. The van der Waals surface area contributed by atoms with Crippen LogP contribution < -0.4 is 47.3 Å². The lowest BCUT2D eigenvalue weighted by molar-refractivity contribution is -0.137. The number of hydrogen-bond acceptors (Lipinski definition) is 14. The van der Waals surface area contributed by atoms with Crippen molar-refractivity contribution in [1.29, 1.82) is 0 Å². The number of aromatic amines is 2. The second-order valence-corrected chi connectivity index (χ2v) is 24.6. The van der Waals surface area contributed by atoms with Gasteiger partial charge in [0.15, 0.2) is 5.75 Å². The van der Waals surface area contributed by atoms with Crippen molar-refractivity contribution in [2.45, 2.75) is 83.9 Å². The van der Waals surface area contributed by atoms with E-state index in [4.69, 9.17) is 26.8 Å². The lowest BCUT2D eigenvalue weighted by atomic mass is 9.97. The second-order valence-electron chi connectivity index (χ2n) is 23.4. The summed E-state index contributed by atoms with van der Waals surface area (Å²) in [5.74, 6) is -2.82. The number of unbranched alkanes of at least 4 members (excludes halogenated alkanes) is 2. The molecule has 3 aliphatic heterocycles. The third-order valence-electron chi connectivity index (χ3n) is 16.4. The Labute approximate surface area is 538 Å². The smallest absolute Gasteiger partial charge is 0.415 e. The van der Waals surface area contributed by atoms with Crippen LogP contribution in [0.1, 0.15) is 96.0 Å². The topological polar surface area (TPSA) is 332 Å². The van der Waals surface area contributed by atoms with Crippen molar-refractivity contribution in [1.82, 2.24) is 40.6 Å². The molecule has 6 heterocycles. The van der Waals surface area contributed by atoms with Gasteiger partial charge in [0.05, 0.1) is 10.4 Å². The van der Waals surface area contributed by atoms with Crippen molar-refractivity contribution in [3.05, 3.63) is 124 Å². The molecule has 0 radical (unpaired) electrons. The van der Waals surface area contributed by atoms with Gasteiger partial charge in [-0.15, -0.1) is 22.9 Å². The first-order valence-corrected chi connectivity index (χ1v) is 31.8. The molecule has 10 rings (SSSR count). The van der Waals surface area contributed by atoms with Crippen LogP contribution in [0, 0.1) is 12.8 Å². The minimum Gasteiger partial charge on any atom is -0.444 e. The van der Waals surface area contributed by atoms with E-state index in [2.05, 4.69) is 46.8 Å². The molecule has 10 N–H and O–H groups in total. The van der Waals surface area contributed by atoms with Crippen LogP contribution in [-0.2, 0) is 35.3 Å². The summed E-state index contributed by atoms with van der Waals surface area (Å²) in [5.41, 5.74) is 11.5. The monoisotopic (exact) mass is 1290 g/mol. The van der Waals surface area contributed by atoms with E-state index in [9.17, 15) is 47.9 Å². The van der Waals surface area contributed by atoms with E-state index in [1.54, 1.807) is 103 Å². The highest BCUT2D eigenvalue weighted by molar-refractivity contribution is 7.17. The molecule has 1 fully saturated rings. The van der Waals surface area contributed by atoms with Gasteiger partial charge < -0.3 is 66.5 Å². The number of likely N-dealkylation sites (N-methyl/N-ethyl adjacent to an activating group) is 1. The third-order valence-corrected chi connectivity index (χ3v) is 17.9. The number of carbonyl (C=O) groups excluding carboxylic acids is 10. The molecule has 25 nitrogen and oxygen atoms in total. The number of halogens is 1. The Bertz CT molecular complexity index is 4020. The molecule has 92 heavy (non-hydrogen) atoms. The van der Waals surface area contributed by atoms with E-state index in [-0.39, 0.29) is 86.0 Å². The summed E-state index contributed by atoms with van der Waals surface area (Å²) in [5, 5.41) is 20.7. The van der Waals surface area contributed by atoms with Gasteiger partial charge in [0, 0.05) is 127 Å². The van der Waals surface area contributed by atoms with Crippen LogP contribution in [0.25, 0.3) is 31.9 Å². The predicted molar refractivity (Wildman–Crippen MR) is 350 cm³/mol. The molecule has 3 atom stereocenters. The fraction of sp³-hybridized carbons (Fsp3) is 0.354. The first-order valence-electron chi connectivity index (χ1n) is 30.3. The normalized spacial score (nSPS) is 15.4. The average molecular weight is 1290 g/mol. The quantitative estimate of drug-likeness (QED) is 0.0156. The van der Waals surface area contributed by atoms with Crippen LogP contribution >= 0.6 is 22.9 Å². The second kappa shape index (κ2) is 29.0. The summed E-state index contributed by atoms with van der Waals surface area (Å²) in [7, 11) is 2.02. The first-order chi connectivity index (χ1) is 44.2. The standard InChI is InChI=1S/C65H72ClN13O12S/c1-36(2)57(75-52(80)10-6-5-7-22-78-53(81)19-20-54(78)82)61(85)74-47(9-8-21-68-63(67)87)59(83)69-42-13-11-38(12-14-42)34-90-64(88)71-44-16-18-45-39(28-44)29-48(72-45)60(84)70-43-15-17-46-40(27-43)30-49(73-46)62(86)79-33-41(32-66)56-50(79)31-51(58-55(56)37(3)35-92-58)91-65(89)77-25-23-76(4)24-26-77/h11-20,27-31,35-36,41,47,57,72-73H,5-10,21-26,32-34H2,1-4H3,(H,69,83)(H,70,84)(H,71,88)(H,74,85)(H,75,80)(H3,67,68,87)/t41-,47-,57-/m0/s1. The van der Waals surface area contributed by atoms with E-state index in [1.807, 2.05) is 19.4 Å². The number of anilines is 4. The summed E-state index contributed by atoms with van der Waals surface area (Å²) in [6.07, 6.45) is 3.28. The van der Waals surface area contributed by atoms with E-state index in [1.165, 1.54) is 23.5 Å². The van der Waals surface area contributed by atoms with Gasteiger partial charge in [-0.3, -0.25) is 43.8 Å². The van der Waals surface area contributed by atoms with Crippen molar-refractivity contribution >= 4 is 137 Å². The minimum absolute atomic E-state index is 0.101. The first kappa shape index (κ1) is 65.2. The number of H-pyrrole nitrogens is 2. The Morgan fingerprint density at radius 1 is 0.761 bits per heavy atom. The molecule has 4 aromatic carbocycles. The number of imide groups is 1. The number of alkyl halides is 1. The summed E-state index contributed by atoms with van der Waals surface area (Å²) in [6.45, 7) is 8.68. The molecule has 3 aromatic heterocycles. The molecular weight excluding hydrogens is 1220 g/mol. The maximum Gasteiger partial charge on any atom is 0.415 e. The van der Waals surface area contributed by atoms with Crippen molar-refractivity contribution in [2.75, 3.05) is 79.6 Å². The maximum atomic E-state index is 14.5. The summed E-state index contributed by atoms with van der Waals surface area (Å²) < 4.78 is 12.4. The number of primary amides is 1. The van der Waals surface area contributed by atoms with Crippen LogP contribution in [0.3, 0.4) is 0 Å². The molecule has 27 heteroatoms. The number of fused-ring (bicyclic) bond motifs is 5. The highest BCUT2D eigenvalue weighted by Crippen LogP contribution is 2.49. The van der Waals surface area contributed by atoms with Gasteiger partial charge in [0.25, 0.3) is 23.6 Å². The van der Waals surface area contributed by atoms with Gasteiger partial charge in [0.1, 0.15) is 30.1 Å². The molecule has 0 aliphatic carbocycles. The fourth-order valence-corrected chi connectivity index (χ4v) is 12.6. The van der Waals surface area contributed by atoms with E-state index in [0.29, 0.717) is 100 Å². The average Bonchev–Trinajstić information content (AvgIpc) is 1.57. The zero-order valence-corrected chi connectivity index (χ0v) is 52.8. The van der Waals surface area contributed by atoms with Gasteiger partial charge in [-0.1, -0.05) is 32.4 Å². The summed E-state index contributed by atoms with van der Waals surface area (Å²) in [4.78, 5) is 143. The Morgan fingerprint density at radius 2 is 1.42 bits per heavy atom. The molecule has 482 valence electrons. The van der Waals surface area contributed by atoms with E-state index < -0.39 is 48.0 Å². The highest BCUT2D eigenvalue weighted by atomic mass is 35.5. The molecule has 11 amide bonds. The number of ether oxygens (including phenoxy) is 2. The number of aryl methyl sites for hydroxylation is 1. The molecule has 0 bridgehead atoms. The molecule has 0 unspecified atom stereocenters. The van der Waals surface area contributed by atoms with Crippen LogP contribution in [-0.4, -0.2) is 155 Å². The highest BCUT2D eigenvalue weighted by Gasteiger charge is 2.38. The lowest BCUT2D eigenvalue weighted by Gasteiger charge is -2.31. The molecule has 7 aromatic rings. The Kier molecular flexibility index (Phi) is 20.5. The molecule has 0 saturated carbocycles. The van der Waals surface area contributed by atoms with Crippen LogP contribution in [0.5, 0.6) is 5.75 Å². The zero-order valence-electron chi connectivity index (χ0n) is 51.2. The van der Waals surface area contributed by atoms with Crippen molar-refractivity contribution in [3.63, 3.8) is 0 Å². The lowest BCUT2D eigenvalue weighted by Crippen LogP contribution is -2.54. The number of hydrogen-bond donors (Lipinski definition) is 9. The Hall–Kier alpha value is -9.79. The van der Waals surface area contributed by atoms with Gasteiger partial charge in [-0.2, -0.15) is 0 Å². The summed E-state index contributed by atoms with van der Waals surface area (Å²) in [6, 6.07) is 19.2. The molecule has 1 saturated heterocycles. The van der Waals surface area contributed by atoms with Gasteiger partial charge in [-0.25, -0.2) is 14.4 Å². The number of benzene rings is 4. The number of urea groups is 1. The Morgan fingerprint density at radius 3 is 2.10 bits per heavy atom. The Balaban J connectivity index is 0.707. The number of nitrogens with one attached hydrogen (secondary N) is 8. The van der Waals surface area contributed by atoms with Crippen LogP contribution in [0.15, 0.2) is 96.4 Å². The number of amides is 11. The number of nitrogens with two attached hydrogens (primary N) is 1. The largest absolute Gasteiger partial charge is 0.444 e. The SMILES string of the molecule is Cc1csc2c(OC(=O)N3CCN(C)CC3)cc3c(c12)[C@@H](CCl)CN3C(=O)c1cc2cc(NC(=O)c3cc4cc(NC(=O)OCc5ccc(NC(=O)[C@H](CCCNC(N)=O)NC(=O)[C@@H](NC(=O)CCCCCN6C(=O)C=CC6=O)C(C)C)cc5)ccc4[nH]3)ccc2[nH]1. The number of thiophene rings is 1. The number of carbonyl (C=O) groups is 10. The van der Waals surface area contributed by atoms with E-state index in [0.717, 1.165) is 39.2 Å². The maximum absolute atomic E-state index is 14.5. The van der Waals surface area contributed by atoms with Crippen LogP contribution in [0.2, 0.25) is 0 Å². The third kappa shape index (κ3) is 15.5. The van der Waals surface area contributed by atoms with Gasteiger partial charge in [-0.05, 0) is 128 Å². The van der Waals surface area contributed by atoms with Crippen molar-refractivity contribution < 1.29 is 57.4 Å². The van der Waals surface area contributed by atoms with E-state index >= 15 is 0 Å². The molecular formula is C65H72ClN13O12S. The summed E-state index contributed by atoms with van der Waals surface area (Å²) >= 11 is 8.09. The van der Waals surface area contributed by atoms with Crippen molar-refractivity contribution in [2.24, 2.45) is 11.7 Å². The van der Waals surface area contributed by atoms with Crippen molar-refractivity contribution in [3.8, 4) is 5.75 Å². The number of aromatic nitrogens is 2. The molecule has 0 spiro atoms. The molecule has 3 aliphatic rings. The van der Waals surface area contributed by atoms with Gasteiger partial charge >= 0.3 is 18.2 Å². The number of rotatable bonds is 24. The van der Waals surface area contributed by atoms with Crippen LogP contribution in [0.4, 0.5) is 37.1 Å². The predicted octanol–water partition coefficient (Wildman–Crippen LogP) is 8.40. The number of nitrogens with zero attached hydrogens (tertiary/aromatic N) is 4. The number of piperazine rings is 1.